The Morgan fingerprint density at radius 1 is 1.00 bits per heavy atom. The normalized spacial score (nSPS) is 28.6. The molecule has 3 amide bonds. The van der Waals surface area contributed by atoms with Crippen molar-refractivity contribution in [1.29, 1.82) is 0 Å². The fraction of sp³-hybridized carbons (Fsp3) is 0.812. The third kappa shape index (κ3) is 3.53. The molecule has 0 radical (unpaired) electrons. The summed E-state index contributed by atoms with van der Waals surface area (Å²) in [5.41, 5.74) is 5.66. The third-order valence-corrected chi connectivity index (χ3v) is 5.53. The number of hydrogen-bond acceptors (Lipinski definition) is 4. The van der Waals surface area contributed by atoms with Gasteiger partial charge in [0.1, 0.15) is 6.54 Å². The fourth-order valence-electron chi connectivity index (χ4n) is 4.04. The lowest BCUT2D eigenvalue weighted by Gasteiger charge is -2.32. The maximum atomic E-state index is 12.4. The van der Waals surface area contributed by atoms with Gasteiger partial charge >= 0.3 is 0 Å². The van der Waals surface area contributed by atoms with Gasteiger partial charge in [0.2, 0.25) is 17.7 Å². The first kappa shape index (κ1) is 18.2. The summed E-state index contributed by atoms with van der Waals surface area (Å²) in [5.74, 6) is -0.202. The lowest BCUT2D eigenvalue weighted by Crippen LogP contribution is -2.46. The number of carbonyl (C=O) groups excluding carboxylic acids is 3. The highest BCUT2D eigenvalue weighted by Crippen LogP contribution is 2.37. The van der Waals surface area contributed by atoms with Gasteiger partial charge in [-0.05, 0) is 38.1 Å². The van der Waals surface area contributed by atoms with Gasteiger partial charge in [0.05, 0.1) is 11.8 Å². The summed E-state index contributed by atoms with van der Waals surface area (Å²) in [5, 5.41) is 0. The summed E-state index contributed by atoms with van der Waals surface area (Å²) in [6.45, 7) is 1.96. The van der Waals surface area contributed by atoms with E-state index in [0.29, 0.717) is 25.6 Å². The lowest BCUT2D eigenvalue weighted by molar-refractivity contribution is -0.147. The van der Waals surface area contributed by atoms with Crippen LogP contribution in [0, 0.1) is 17.8 Å². The van der Waals surface area contributed by atoms with Crippen molar-refractivity contribution in [3.63, 3.8) is 0 Å². The van der Waals surface area contributed by atoms with E-state index in [9.17, 15) is 14.4 Å². The monoisotopic (exact) mass is 343 g/mol. The Labute approximate surface area is 143 Å². The molecule has 2 atom stereocenters. The maximum absolute atomic E-state index is 12.4. The molecule has 3 aliphatic rings. The van der Waals surface area contributed by atoms with Crippen LogP contribution in [0.15, 0.2) is 0 Å². The summed E-state index contributed by atoms with van der Waals surface area (Å²) >= 11 is 0. The zero-order valence-corrected chi connectivity index (χ0v) is 14.2. The van der Waals surface area contributed by atoms with Gasteiger partial charge in [-0.15, -0.1) is 12.4 Å². The Bertz CT molecular complexity index is 453. The van der Waals surface area contributed by atoms with Crippen LogP contribution in [0.3, 0.4) is 0 Å². The van der Waals surface area contributed by atoms with Crippen molar-refractivity contribution in [3.8, 4) is 0 Å². The molecule has 23 heavy (non-hydrogen) atoms. The number of rotatable bonds is 3. The highest BCUT2D eigenvalue weighted by atomic mass is 35.5. The largest absolute Gasteiger partial charge is 0.341 e. The molecule has 2 saturated heterocycles. The minimum Gasteiger partial charge on any atom is -0.341 e. The number of carbonyl (C=O) groups is 3. The number of likely N-dealkylation sites (tertiary alicyclic amines) is 2. The molecule has 0 aromatic rings. The van der Waals surface area contributed by atoms with Crippen LogP contribution in [0.1, 0.15) is 38.5 Å². The second-order valence-corrected chi connectivity index (χ2v) is 6.82. The molecule has 2 heterocycles. The predicted molar refractivity (Wildman–Crippen MR) is 87.8 cm³/mol. The first-order valence-corrected chi connectivity index (χ1v) is 8.45. The molecule has 2 aliphatic heterocycles. The molecule has 0 bridgehead atoms. The average molecular weight is 344 g/mol. The number of hydrogen-bond donors (Lipinski definition) is 1. The van der Waals surface area contributed by atoms with Crippen molar-refractivity contribution < 1.29 is 14.4 Å². The van der Waals surface area contributed by atoms with Gasteiger partial charge in [-0.1, -0.05) is 12.8 Å². The molecule has 0 aromatic heterocycles. The van der Waals surface area contributed by atoms with Crippen molar-refractivity contribution >= 4 is 30.1 Å². The maximum Gasteiger partial charge on any atom is 0.242 e. The van der Waals surface area contributed by atoms with Gasteiger partial charge in [-0.3, -0.25) is 19.3 Å². The smallest absolute Gasteiger partial charge is 0.242 e. The number of imide groups is 1. The predicted octanol–water partition coefficient (Wildman–Crippen LogP) is 0.781. The number of fused-ring (bicyclic) bond motifs is 1. The topological polar surface area (TPSA) is 83.7 Å². The third-order valence-electron chi connectivity index (χ3n) is 5.53. The number of nitrogens with zero attached hydrogens (tertiary/aromatic N) is 2. The average Bonchev–Trinajstić information content (AvgIpc) is 2.80. The van der Waals surface area contributed by atoms with E-state index in [4.69, 9.17) is 5.73 Å². The van der Waals surface area contributed by atoms with Crippen LogP contribution in [0.25, 0.3) is 0 Å². The molecular weight excluding hydrogens is 318 g/mol. The second kappa shape index (κ2) is 7.62. The number of piperidine rings is 1. The summed E-state index contributed by atoms with van der Waals surface area (Å²) in [6, 6.07) is 0. The standard InChI is InChI=1S/C16H25N3O3.ClH/c17-9-11-5-7-18(8-6-11)14(20)10-19-15(21)12-3-1-2-4-13(12)16(19)22;/h11-13H,1-10,17H2;1H. The zero-order valence-electron chi connectivity index (χ0n) is 13.4. The Hall–Kier alpha value is -1.14. The van der Waals surface area contributed by atoms with Gasteiger partial charge in [0.15, 0.2) is 0 Å². The number of nitrogens with two attached hydrogens (primary N) is 1. The van der Waals surface area contributed by atoms with E-state index in [1.165, 1.54) is 4.90 Å². The molecule has 6 nitrogen and oxygen atoms in total. The molecule has 1 saturated carbocycles. The van der Waals surface area contributed by atoms with Crippen LogP contribution in [-0.4, -0.2) is 53.7 Å². The number of halogens is 1. The lowest BCUT2D eigenvalue weighted by atomic mass is 9.81. The van der Waals surface area contributed by atoms with Crippen molar-refractivity contribution in [2.45, 2.75) is 38.5 Å². The molecule has 3 rings (SSSR count). The molecule has 2 unspecified atom stereocenters. The highest BCUT2D eigenvalue weighted by molar-refractivity contribution is 6.07. The molecule has 2 N–H and O–H groups in total. The van der Waals surface area contributed by atoms with Crippen LogP contribution < -0.4 is 5.73 Å². The first-order valence-electron chi connectivity index (χ1n) is 8.45. The summed E-state index contributed by atoms with van der Waals surface area (Å²) in [4.78, 5) is 40.2. The van der Waals surface area contributed by atoms with Crippen LogP contribution in [0.2, 0.25) is 0 Å². The van der Waals surface area contributed by atoms with Crippen molar-refractivity contribution in [2.75, 3.05) is 26.2 Å². The summed E-state index contributed by atoms with van der Waals surface area (Å²) < 4.78 is 0. The SMILES string of the molecule is Cl.NCC1CCN(C(=O)CN2C(=O)C3CCCCC3C2=O)CC1. The van der Waals surface area contributed by atoms with Gasteiger partial charge in [-0.2, -0.15) is 0 Å². The van der Waals surface area contributed by atoms with Gasteiger partial charge in [0.25, 0.3) is 0 Å². The van der Waals surface area contributed by atoms with Crippen molar-refractivity contribution in [3.05, 3.63) is 0 Å². The van der Waals surface area contributed by atoms with Gasteiger partial charge in [-0.25, -0.2) is 0 Å². The molecule has 130 valence electrons. The van der Waals surface area contributed by atoms with E-state index >= 15 is 0 Å². The second-order valence-electron chi connectivity index (χ2n) is 6.82. The minimum absolute atomic E-state index is 0. The summed E-state index contributed by atoms with van der Waals surface area (Å²) in [6.07, 6.45) is 5.43. The Kier molecular flexibility index (Phi) is 6.03. The quantitative estimate of drug-likeness (QED) is 0.767. The minimum atomic E-state index is -0.169. The van der Waals surface area contributed by atoms with E-state index in [0.717, 1.165) is 38.5 Å². The molecular formula is C16H26ClN3O3. The number of amides is 3. The van der Waals surface area contributed by atoms with E-state index < -0.39 is 0 Å². The van der Waals surface area contributed by atoms with Gasteiger partial charge in [0, 0.05) is 13.1 Å². The Morgan fingerprint density at radius 2 is 1.52 bits per heavy atom. The van der Waals surface area contributed by atoms with Crippen LogP contribution in [0.4, 0.5) is 0 Å². The molecule has 0 aromatic carbocycles. The Balaban J connectivity index is 0.00000192. The molecule has 0 spiro atoms. The fourth-order valence-corrected chi connectivity index (χ4v) is 4.04. The van der Waals surface area contributed by atoms with Crippen LogP contribution in [0.5, 0.6) is 0 Å². The van der Waals surface area contributed by atoms with Crippen LogP contribution in [-0.2, 0) is 14.4 Å². The van der Waals surface area contributed by atoms with E-state index in [1.807, 2.05) is 0 Å². The van der Waals surface area contributed by atoms with Crippen LogP contribution >= 0.6 is 12.4 Å². The summed E-state index contributed by atoms with van der Waals surface area (Å²) in [7, 11) is 0. The van der Waals surface area contributed by atoms with E-state index in [1.54, 1.807) is 4.90 Å². The van der Waals surface area contributed by atoms with E-state index in [2.05, 4.69) is 0 Å². The molecule has 1 aliphatic carbocycles. The Morgan fingerprint density at radius 3 is 2.00 bits per heavy atom. The van der Waals surface area contributed by atoms with Crippen molar-refractivity contribution in [2.24, 2.45) is 23.5 Å². The zero-order chi connectivity index (χ0) is 15.7. The van der Waals surface area contributed by atoms with Gasteiger partial charge < -0.3 is 10.6 Å². The van der Waals surface area contributed by atoms with Crippen molar-refractivity contribution in [1.82, 2.24) is 9.80 Å². The first-order chi connectivity index (χ1) is 10.6. The highest BCUT2D eigenvalue weighted by Gasteiger charge is 2.48. The molecule has 3 fully saturated rings. The van der Waals surface area contributed by atoms with E-state index in [-0.39, 0.29) is 48.5 Å². The molecule has 7 heteroatoms.